The molecule has 4 nitrogen and oxygen atoms in total. The molecule has 0 saturated heterocycles. The quantitative estimate of drug-likeness (QED) is 0.246. The van der Waals surface area contributed by atoms with Crippen molar-refractivity contribution >= 4 is 91.1 Å². The second kappa shape index (κ2) is 22.5. The molecule has 0 aromatic heterocycles. The van der Waals surface area contributed by atoms with Crippen LogP contribution in [0.1, 0.15) is 0 Å². The third-order valence-electron chi connectivity index (χ3n) is 0. The van der Waals surface area contributed by atoms with Gasteiger partial charge in [0.2, 0.25) is 0 Å². The van der Waals surface area contributed by atoms with E-state index >= 15 is 0 Å². The van der Waals surface area contributed by atoms with Crippen LogP contribution in [0.3, 0.4) is 0 Å². The zero-order valence-corrected chi connectivity index (χ0v) is 12.3. The monoisotopic (exact) mass is 667 g/mol. The predicted molar refractivity (Wildman–Crippen MR) is 21.4 cm³/mol. The van der Waals surface area contributed by atoms with Gasteiger partial charge in [-0.1, -0.05) is 0 Å². The molecule has 0 unspecified atom stereocenters. The summed E-state index contributed by atoms with van der Waals surface area (Å²) in [5.41, 5.74) is 0. The van der Waals surface area contributed by atoms with Gasteiger partial charge in [-0.25, -0.2) is 0 Å². The molecule has 0 atom stereocenters. The van der Waals surface area contributed by atoms with Gasteiger partial charge in [0.25, 0.3) is 0 Å². The molecule has 0 aromatic rings. The minimum Gasteiger partial charge on any atom is 2.00 e. The van der Waals surface area contributed by atoms with E-state index in [2.05, 4.69) is 0 Å². The van der Waals surface area contributed by atoms with Gasteiger partial charge in [0.1, 0.15) is 0 Å². The predicted octanol–water partition coefficient (Wildman–Crippen LogP) is -4.30. The summed E-state index contributed by atoms with van der Waals surface area (Å²) in [4.78, 5) is 0. The summed E-state index contributed by atoms with van der Waals surface area (Å²) >= 11 is -3.89. The molecule has 0 fully saturated rings. The van der Waals surface area contributed by atoms with E-state index < -0.39 is 15.0 Å². The van der Waals surface area contributed by atoms with E-state index in [0.717, 1.165) is 0 Å². The largest absolute Gasteiger partial charge is 2.00 e. The molecule has 0 heterocycles. The molecule has 0 N–H and O–H groups in total. The van der Waals surface area contributed by atoms with E-state index in [9.17, 15) is 0 Å². The SMILES string of the molecule is [BaH2].[O]=[Ge]([O-])[O-].[O]=[Ta].[Pb+2]. The summed E-state index contributed by atoms with van der Waals surface area (Å²) in [5, 5.41) is 0. The van der Waals surface area contributed by atoms with E-state index in [1.54, 1.807) is 0 Å². The van der Waals surface area contributed by atoms with Crippen molar-refractivity contribution in [1.29, 1.82) is 0 Å². The molecule has 0 aromatic carbocycles. The van der Waals surface area contributed by atoms with E-state index in [1.807, 2.05) is 0 Å². The average molecular weight is 664 g/mol. The van der Waals surface area contributed by atoms with Crippen LogP contribution in [-0.4, -0.2) is 91.1 Å². The summed E-state index contributed by atoms with van der Waals surface area (Å²) in [6.45, 7) is 0. The van der Waals surface area contributed by atoms with Crippen LogP contribution in [0.2, 0.25) is 0 Å². The molecular formula is H2BaGeO4PbTa. The summed E-state index contributed by atoms with van der Waals surface area (Å²) in [6, 6.07) is 0. The first-order chi connectivity index (χ1) is 2.73. The van der Waals surface area contributed by atoms with Crippen molar-refractivity contribution in [2.24, 2.45) is 0 Å². The first kappa shape index (κ1) is 22.4. The van der Waals surface area contributed by atoms with E-state index in [1.165, 1.54) is 0 Å². The summed E-state index contributed by atoms with van der Waals surface area (Å²) < 4.78 is 34.1. The van der Waals surface area contributed by atoms with Crippen LogP contribution in [0, 0.1) is 0 Å². The summed E-state index contributed by atoms with van der Waals surface area (Å²) in [7, 11) is 0. The fourth-order valence-corrected chi connectivity index (χ4v) is 0. The van der Waals surface area contributed by atoms with Crippen molar-refractivity contribution in [1.82, 2.24) is 0 Å². The Balaban J connectivity index is -0.0000000183. The molecule has 0 amide bonds. The van der Waals surface area contributed by atoms with E-state index in [4.69, 9.17) is 15.3 Å². The minimum atomic E-state index is -4.08. The van der Waals surface area contributed by atoms with Crippen molar-refractivity contribution in [3.8, 4) is 0 Å². The summed E-state index contributed by atoms with van der Waals surface area (Å²) in [5.74, 6) is 0. The van der Waals surface area contributed by atoms with E-state index in [0.29, 0.717) is 0 Å². The van der Waals surface area contributed by atoms with Crippen molar-refractivity contribution in [2.75, 3.05) is 0 Å². The minimum absolute atomic E-state index is 0. The normalized spacial score (nSPS) is 3.38. The van der Waals surface area contributed by atoms with Crippen molar-refractivity contribution in [3.63, 3.8) is 0 Å². The second-order valence-electron chi connectivity index (χ2n) is 0.250. The Bertz CT molecular complexity index is 47.3. The van der Waals surface area contributed by atoms with Crippen LogP contribution in [0.4, 0.5) is 0 Å². The maximum Gasteiger partial charge on any atom is 2.00 e. The fraction of sp³-hybridized carbons (Fsp3) is 0. The van der Waals surface area contributed by atoms with Crippen molar-refractivity contribution in [2.45, 2.75) is 0 Å². The Kier molecular flexibility index (Phi) is 63.1. The molecular weight excluding hydrogens is 662 g/mol. The summed E-state index contributed by atoms with van der Waals surface area (Å²) in [6.07, 6.45) is 0. The van der Waals surface area contributed by atoms with Gasteiger partial charge in [0.15, 0.2) is 0 Å². The fourth-order valence-electron chi connectivity index (χ4n) is 0. The zero-order chi connectivity index (χ0) is 5.58. The van der Waals surface area contributed by atoms with Crippen LogP contribution in [0.5, 0.6) is 0 Å². The van der Waals surface area contributed by atoms with E-state index in [-0.39, 0.29) is 97.2 Å². The molecule has 41 valence electrons. The van der Waals surface area contributed by atoms with Gasteiger partial charge in [-0.2, -0.15) is 0 Å². The molecule has 0 rings (SSSR count). The molecule has 2 radical (unpaired) electrons. The Morgan fingerprint density at radius 2 is 1.25 bits per heavy atom. The molecule has 0 spiro atoms. The Morgan fingerprint density at radius 1 is 1.25 bits per heavy atom. The topological polar surface area (TPSA) is 80.3 Å². The first-order valence-electron chi connectivity index (χ1n) is 0.795. The number of hydrogen-bond acceptors (Lipinski definition) is 4. The Labute approximate surface area is 124 Å². The second-order valence-corrected chi connectivity index (χ2v) is 1.30. The molecule has 8 heavy (non-hydrogen) atoms. The van der Waals surface area contributed by atoms with Gasteiger partial charge >= 0.3 is 127 Å². The van der Waals surface area contributed by atoms with Gasteiger partial charge < -0.3 is 0 Å². The van der Waals surface area contributed by atoms with Gasteiger partial charge in [0.05, 0.1) is 0 Å². The first-order valence-corrected chi connectivity index (χ1v) is 4.68. The maximum absolute atomic E-state index is 8.58. The third-order valence-corrected chi connectivity index (χ3v) is 0. The van der Waals surface area contributed by atoms with Crippen LogP contribution in [0.25, 0.3) is 0 Å². The van der Waals surface area contributed by atoms with Gasteiger partial charge in [-0.15, -0.1) is 0 Å². The smallest absolute Gasteiger partial charge is 2.00 e. The Morgan fingerprint density at radius 3 is 1.25 bits per heavy atom. The van der Waals surface area contributed by atoms with Crippen LogP contribution >= 0.6 is 0 Å². The Hall–Kier alpha value is 2.98. The van der Waals surface area contributed by atoms with Crippen LogP contribution in [0.15, 0.2) is 0 Å². The molecule has 0 aliphatic carbocycles. The molecule has 0 bridgehead atoms. The van der Waals surface area contributed by atoms with Gasteiger partial charge in [0, 0.05) is 0 Å². The molecule has 0 aliphatic heterocycles. The molecule has 0 saturated carbocycles. The zero-order valence-electron chi connectivity index (χ0n) is 3.08. The third kappa shape index (κ3) is 64.5. The van der Waals surface area contributed by atoms with Gasteiger partial charge in [-0.3, -0.25) is 0 Å². The van der Waals surface area contributed by atoms with Crippen LogP contribution < -0.4 is 8.27 Å². The van der Waals surface area contributed by atoms with Gasteiger partial charge in [-0.05, 0) is 0 Å². The van der Waals surface area contributed by atoms with Crippen molar-refractivity contribution < 1.29 is 36.3 Å². The van der Waals surface area contributed by atoms with Crippen molar-refractivity contribution in [3.05, 3.63) is 0 Å². The maximum atomic E-state index is 8.58. The average Bonchev–Trinajstić information content (AvgIpc) is 1.41. The number of hydrogen-bond donors (Lipinski definition) is 0. The van der Waals surface area contributed by atoms with Crippen LogP contribution in [-0.2, 0) is 28.1 Å². The molecule has 8 heteroatoms. The number of rotatable bonds is 0. The standard InChI is InChI=1S/Ba.GeO3.O.Pb.Ta.2H/c;2-1(3)4;;;;;/q;-2;;+2;;;. The molecule has 0 aliphatic rings.